The Hall–Kier alpha value is -2.15. The molecule has 1 aliphatic rings. The second-order valence-electron chi connectivity index (χ2n) is 5.92. The number of aromatic nitrogens is 2. The van der Waals surface area contributed by atoms with Gasteiger partial charge in [0.2, 0.25) is 5.95 Å². The zero-order valence-corrected chi connectivity index (χ0v) is 14.5. The van der Waals surface area contributed by atoms with E-state index in [2.05, 4.69) is 20.2 Å². The number of nitrogens with zero attached hydrogens (tertiary/aromatic N) is 3. The first-order valence-corrected chi connectivity index (χ1v) is 9.97. The molecule has 1 atom stereocenters. The van der Waals surface area contributed by atoms with Crippen LogP contribution in [0.5, 0.6) is 0 Å². The first-order chi connectivity index (χ1) is 11.6. The maximum Gasteiger partial charge on any atom is 0.224 e. The van der Waals surface area contributed by atoms with Crippen molar-refractivity contribution in [1.82, 2.24) is 9.97 Å². The second kappa shape index (κ2) is 7.17. The normalized spacial score (nSPS) is 19.1. The first kappa shape index (κ1) is 16.7. The Labute approximate surface area is 142 Å². The van der Waals surface area contributed by atoms with Gasteiger partial charge in [-0.25, -0.2) is 13.4 Å². The highest BCUT2D eigenvalue weighted by atomic mass is 32.2. The summed E-state index contributed by atoms with van der Waals surface area (Å²) in [5.41, 5.74) is 1.15. The van der Waals surface area contributed by atoms with Gasteiger partial charge in [0.1, 0.15) is 5.82 Å². The number of hydrogen-bond donors (Lipinski definition) is 1. The van der Waals surface area contributed by atoms with Crippen molar-refractivity contribution in [3.05, 3.63) is 48.2 Å². The van der Waals surface area contributed by atoms with Crippen LogP contribution in [0.1, 0.15) is 18.9 Å². The third-order valence-electron chi connectivity index (χ3n) is 4.22. The Morgan fingerprint density at radius 3 is 2.71 bits per heavy atom. The molecule has 2 aromatic rings. The Kier molecular flexibility index (Phi) is 4.99. The van der Waals surface area contributed by atoms with Crippen LogP contribution in [0, 0.1) is 0 Å². The smallest absolute Gasteiger partial charge is 0.224 e. The van der Waals surface area contributed by atoms with Gasteiger partial charge >= 0.3 is 0 Å². The van der Waals surface area contributed by atoms with E-state index in [1.165, 1.54) is 0 Å². The van der Waals surface area contributed by atoms with E-state index >= 15 is 0 Å². The average molecular weight is 346 g/mol. The maximum absolute atomic E-state index is 11.7. The summed E-state index contributed by atoms with van der Waals surface area (Å²) in [4.78, 5) is 10.9. The maximum atomic E-state index is 11.7. The van der Waals surface area contributed by atoms with Gasteiger partial charge in [-0.15, -0.1) is 0 Å². The fourth-order valence-electron chi connectivity index (χ4n) is 3.00. The first-order valence-electron chi connectivity index (χ1n) is 8.15. The summed E-state index contributed by atoms with van der Waals surface area (Å²) in [6.45, 7) is 3.38. The molecule has 0 radical (unpaired) electrons. The molecular weight excluding hydrogens is 324 g/mol. The molecule has 7 heteroatoms. The van der Waals surface area contributed by atoms with Gasteiger partial charge in [-0.3, -0.25) is 0 Å². The molecule has 128 valence electrons. The predicted octanol–water partition coefficient (Wildman–Crippen LogP) is 2.10. The molecule has 0 aliphatic carbocycles. The summed E-state index contributed by atoms with van der Waals surface area (Å²) in [7, 11) is -2.92. The Balaban J connectivity index is 1.71. The highest BCUT2D eigenvalue weighted by Gasteiger charge is 2.32. The lowest BCUT2D eigenvalue weighted by molar-refractivity contribution is 0.599. The molecule has 1 unspecified atom stereocenters. The number of benzene rings is 1. The van der Waals surface area contributed by atoms with Gasteiger partial charge in [0.05, 0.1) is 11.5 Å². The molecule has 2 heterocycles. The number of hydrogen-bond acceptors (Lipinski definition) is 6. The molecule has 0 amide bonds. The van der Waals surface area contributed by atoms with Crippen LogP contribution >= 0.6 is 0 Å². The lowest BCUT2D eigenvalue weighted by Crippen LogP contribution is -2.36. The molecule has 1 fully saturated rings. The second-order valence-corrected chi connectivity index (χ2v) is 8.15. The molecular formula is C17H22N4O2S. The topological polar surface area (TPSA) is 75.2 Å². The van der Waals surface area contributed by atoms with Crippen molar-refractivity contribution in [3.8, 4) is 0 Å². The molecule has 1 aromatic carbocycles. The van der Waals surface area contributed by atoms with Gasteiger partial charge in [0.15, 0.2) is 9.84 Å². The van der Waals surface area contributed by atoms with Gasteiger partial charge < -0.3 is 10.2 Å². The van der Waals surface area contributed by atoms with Crippen LogP contribution in [0.3, 0.4) is 0 Å². The van der Waals surface area contributed by atoms with Crippen molar-refractivity contribution < 1.29 is 8.42 Å². The van der Waals surface area contributed by atoms with Crippen molar-refractivity contribution in [2.24, 2.45) is 0 Å². The van der Waals surface area contributed by atoms with Crippen LogP contribution in [0.25, 0.3) is 0 Å². The highest BCUT2D eigenvalue weighted by molar-refractivity contribution is 7.91. The fraction of sp³-hybridized carbons (Fsp3) is 0.412. The minimum absolute atomic E-state index is 0.00290. The van der Waals surface area contributed by atoms with E-state index in [0.29, 0.717) is 18.9 Å². The Morgan fingerprint density at radius 1 is 1.25 bits per heavy atom. The SMILES string of the molecule is CCN(c1ccnc(NCc2ccccc2)n1)C1CCS(=O)(=O)C1. The number of anilines is 2. The van der Waals surface area contributed by atoms with Crippen LogP contribution in [-0.4, -0.2) is 42.5 Å². The van der Waals surface area contributed by atoms with E-state index in [1.807, 2.05) is 43.3 Å². The quantitative estimate of drug-likeness (QED) is 0.863. The van der Waals surface area contributed by atoms with Crippen LogP contribution in [0.4, 0.5) is 11.8 Å². The van der Waals surface area contributed by atoms with Gasteiger partial charge in [0, 0.05) is 25.3 Å². The molecule has 6 nitrogen and oxygen atoms in total. The van der Waals surface area contributed by atoms with Gasteiger partial charge in [0.25, 0.3) is 0 Å². The molecule has 1 saturated heterocycles. The fourth-order valence-corrected chi connectivity index (χ4v) is 4.73. The van der Waals surface area contributed by atoms with Crippen molar-refractivity contribution >= 4 is 21.6 Å². The van der Waals surface area contributed by atoms with E-state index in [0.717, 1.165) is 17.9 Å². The van der Waals surface area contributed by atoms with Crippen LogP contribution in [-0.2, 0) is 16.4 Å². The van der Waals surface area contributed by atoms with Crippen molar-refractivity contribution in [2.45, 2.75) is 25.9 Å². The number of nitrogens with one attached hydrogen (secondary N) is 1. The monoisotopic (exact) mass is 346 g/mol. The minimum atomic E-state index is -2.92. The third-order valence-corrected chi connectivity index (χ3v) is 5.97. The molecule has 24 heavy (non-hydrogen) atoms. The minimum Gasteiger partial charge on any atom is -0.353 e. The summed E-state index contributed by atoms with van der Waals surface area (Å²) >= 11 is 0. The molecule has 1 aromatic heterocycles. The average Bonchev–Trinajstić information content (AvgIpc) is 2.95. The van der Waals surface area contributed by atoms with Crippen LogP contribution in [0.15, 0.2) is 42.6 Å². The van der Waals surface area contributed by atoms with Gasteiger partial charge in [-0.05, 0) is 25.0 Å². The standard InChI is InChI=1S/C17H22N4O2S/c1-2-21(15-9-11-24(22,23)13-15)16-8-10-18-17(20-16)19-12-14-6-4-3-5-7-14/h3-8,10,15H,2,9,11-13H2,1H3,(H,18,19,20). The van der Waals surface area contributed by atoms with Crippen molar-refractivity contribution in [1.29, 1.82) is 0 Å². The molecule has 0 spiro atoms. The number of sulfone groups is 1. The molecule has 3 rings (SSSR count). The number of rotatable bonds is 6. The summed E-state index contributed by atoms with van der Waals surface area (Å²) in [6.07, 6.45) is 2.37. The molecule has 1 aliphatic heterocycles. The van der Waals surface area contributed by atoms with E-state index in [1.54, 1.807) is 6.20 Å². The predicted molar refractivity (Wildman–Crippen MR) is 95.9 cm³/mol. The van der Waals surface area contributed by atoms with Gasteiger partial charge in [-0.2, -0.15) is 4.98 Å². The molecule has 0 saturated carbocycles. The van der Waals surface area contributed by atoms with E-state index in [-0.39, 0.29) is 17.5 Å². The highest BCUT2D eigenvalue weighted by Crippen LogP contribution is 2.23. The van der Waals surface area contributed by atoms with Crippen molar-refractivity contribution in [2.75, 3.05) is 28.3 Å². The zero-order chi connectivity index (χ0) is 17.0. The largest absolute Gasteiger partial charge is 0.353 e. The summed E-state index contributed by atoms with van der Waals surface area (Å²) in [5, 5.41) is 3.22. The Morgan fingerprint density at radius 2 is 2.04 bits per heavy atom. The van der Waals surface area contributed by atoms with E-state index in [9.17, 15) is 8.42 Å². The van der Waals surface area contributed by atoms with E-state index < -0.39 is 9.84 Å². The molecule has 0 bridgehead atoms. The summed E-state index contributed by atoms with van der Waals surface area (Å²) in [5.74, 6) is 1.79. The third kappa shape index (κ3) is 4.03. The van der Waals surface area contributed by atoms with E-state index in [4.69, 9.17) is 0 Å². The van der Waals surface area contributed by atoms with Crippen molar-refractivity contribution in [3.63, 3.8) is 0 Å². The summed E-state index contributed by atoms with van der Waals surface area (Å²) in [6, 6.07) is 11.9. The lowest BCUT2D eigenvalue weighted by atomic mass is 10.2. The molecule has 1 N–H and O–H groups in total. The van der Waals surface area contributed by atoms with Crippen LogP contribution < -0.4 is 10.2 Å². The summed E-state index contributed by atoms with van der Waals surface area (Å²) < 4.78 is 23.5. The van der Waals surface area contributed by atoms with Crippen LogP contribution in [0.2, 0.25) is 0 Å². The van der Waals surface area contributed by atoms with Gasteiger partial charge in [-0.1, -0.05) is 30.3 Å². The zero-order valence-electron chi connectivity index (χ0n) is 13.7. The Bertz CT molecular complexity index is 780. The lowest BCUT2D eigenvalue weighted by Gasteiger charge is -2.28.